The van der Waals surface area contributed by atoms with Gasteiger partial charge in [0.2, 0.25) is 5.91 Å². The lowest BCUT2D eigenvalue weighted by atomic mass is 9.97. The van der Waals surface area contributed by atoms with E-state index in [4.69, 9.17) is 0 Å². The van der Waals surface area contributed by atoms with Crippen LogP contribution < -0.4 is 15.5 Å². The van der Waals surface area contributed by atoms with Gasteiger partial charge in [-0.1, -0.05) is 0 Å². The maximum Gasteiger partial charge on any atom is 0.224 e. The van der Waals surface area contributed by atoms with Gasteiger partial charge in [0.25, 0.3) is 0 Å². The first-order valence-electron chi connectivity index (χ1n) is 6.57. The number of hydrogen-bond donors (Lipinski definition) is 2. The highest BCUT2D eigenvalue weighted by Crippen LogP contribution is 2.26. The van der Waals surface area contributed by atoms with E-state index < -0.39 is 11.6 Å². The molecule has 1 atom stereocenters. The number of halogens is 2. The van der Waals surface area contributed by atoms with Crippen molar-refractivity contribution in [1.82, 2.24) is 10.3 Å². The molecule has 0 saturated carbocycles. The molecule has 1 saturated heterocycles. The van der Waals surface area contributed by atoms with E-state index in [2.05, 4.69) is 15.6 Å². The van der Waals surface area contributed by atoms with Crippen LogP contribution in [0.4, 0.5) is 20.4 Å². The van der Waals surface area contributed by atoms with Crippen LogP contribution in [0.1, 0.15) is 12.8 Å². The van der Waals surface area contributed by atoms with Crippen LogP contribution in [0.5, 0.6) is 0 Å². The third kappa shape index (κ3) is 2.81. The van der Waals surface area contributed by atoms with Gasteiger partial charge in [-0.05, 0) is 12.8 Å². The van der Waals surface area contributed by atoms with Crippen LogP contribution in [-0.4, -0.2) is 38.1 Å². The Hall–Kier alpha value is -1.92. The first-order valence-corrected chi connectivity index (χ1v) is 6.57. The third-order valence-corrected chi connectivity index (χ3v) is 3.49. The molecular formula is C13H18F2N4O. The molecule has 110 valence electrons. The first kappa shape index (κ1) is 14.5. The second-order valence-corrected chi connectivity index (χ2v) is 4.77. The van der Waals surface area contributed by atoms with Crippen molar-refractivity contribution in [3.05, 3.63) is 17.7 Å². The number of carbonyl (C=O) groups is 1. The molecule has 0 bridgehead atoms. The van der Waals surface area contributed by atoms with E-state index in [0.717, 1.165) is 18.9 Å². The number of anilines is 2. The molecule has 0 aliphatic carbocycles. The first-order chi connectivity index (χ1) is 9.56. The van der Waals surface area contributed by atoms with Gasteiger partial charge in [-0.3, -0.25) is 4.79 Å². The number of rotatable bonds is 3. The predicted octanol–water partition coefficient (Wildman–Crippen LogP) is 1.36. The number of pyridine rings is 1. The predicted molar refractivity (Wildman–Crippen MR) is 72.7 cm³/mol. The fraction of sp³-hybridized carbons (Fsp3) is 0.538. The highest BCUT2D eigenvalue weighted by atomic mass is 19.1. The molecule has 1 fully saturated rings. The summed E-state index contributed by atoms with van der Waals surface area (Å²) in [6.07, 6.45) is 1.53. The minimum Gasteiger partial charge on any atom is -0.371 e. The van der Waals surface area contributed by atoms with E-state index in [1.807, 2.05) is 0 Å². The summed E-state index contributed by atoms with van der Waals surface area (Å²) in [5.74, 6) is -1.61. The van der Waals surface area contributed by atoms with Gasteiger partial charge < -0.3 is 15.5 Å². The highest BCUT2D eigenvalue weighted by molar-refractivity contribution is 5.79. The van der Waals surface area contributed by atoms with Crippen LogP contribution in [0.2, 0.25) is 0 Å². The monoisotopic (exact) mass is 284 g/mol. The number of nitrogens with zero attached hydrogens (tertiary/aromatic N) is 2. The largest absolute Gasteiger partial charge is 0.371 e. The van der Waals surface area contributed by atoms with Crippen molar-refractivity contribution >= 4 is 17.5 Å². The van der Waals surface area contributed by atoms with Gasteiger partial charge in [0.15, 0.2) is 23.3 Å². The summed E-state index contributed by atoms with van der Waals surface area (Å²) in [4.78, 5) is 17.3. The lowest BCUT2D eigenvalue weighted by molar-refractivity contribution is -0.124. The van der Waals surface area contributed by atoms with Crippen LogP contribution in [-0.2, 0) is 4.79 Å². The van der Waals surface area contributed by atoms with E-state index in [-0.39, 0.29) is 23.5 Å². The summed E-state index contributed by atoms with van der Waals surface area (Å²) in [6.45, 7) is 0.991. The Morgan fingerprint density at radius 2 is 2.15 bits per heavy atom. The van der Waals surface area contributed by atoms with E-state index in [1.165, 1.54) is 7.05 Å². The summed E-state index contributed by atoms with van der Waals surface area (Å²) < 4.78 is 27.3. The number of hydrogen-bond acceptors (Lipinski definition) is 4. The molecule has 1 aromatic heterocycles. The van der Waals surface area contributed by atoms with Crippen molar-refractivity contribution in [2.45, 2.75) is 12.8 Å². The van der Waals surface area contributed by atoms with Crippen molar-refractivity contribution in [3.8, 4) is 0 Å². The molecular weight excluding hydrogens is 266 g/mol. The number of nitrogens with one attached hydrogen (secondary N) is 2. The molecule has 1 amide bonds. The van der Waals surface area contributed by atoms with Crippen LogP contribution in [0.25, 0.3) is 0 Å². The Labute approximate surface area is 116 Å². The minimum absolute atomic E-state index is 0.00321. The number of amides is 1. The Bertz CT molecular complexity index is 509. The lowest BCUT2D eigenvalue weighted by Gasteiger charge is -2.33. The molecule has 1 unspecified atom stereocenters. The molecule has 1 aliphatic rings. The molecule has 0 spiro atoms. The SMILES string of the molecule is CNC(=O)C1CCCN(c2nc(NC)c(F)cc2F)C1. The van der Waals surface area contributed by atoms with Crippen LogP contribution in [0.3, 0.4) is 0 Å². The fourth-order valence-corrected chi connectivity index (χ4v) is 2.44. The average Bonchev–Trinajstić information content (AvgIpc) is 2.46. The molecule has 1 aromatic rings. The topological polar surface area (TPSA) is 57.3 Å². The molecule has 2 rings (SSSR count). The normalized spacial score (nSPS) is 18.8. The number of carbonyl (C=O) groups excluding carboxylic acids is 1. The smallest absolute Gasteiger partial charge is 0.224 e. The van der Waals surface area contributed by atoms with E-state index >= 15 is 0 Å². The van der Waals surface area contributed by atoms with Gasteiger partial charge in [0.05, 0.1) is 5.92 Å². The highest BCUT2D eigenvalue weighted by Gasteiger charge is 2.28. The van der Waals surface area contributed by atoms with Crippen molar-refractivity contribution < 1.29 is 13.6 Å². The van der Waals surface area contributed by atoms with Gasteiger partial charge in [-0.2, -0.15) is 0 Å². The summed E-state index contributed by atoms with van der Waals surface area (Å²) in [7, 11) is 3.10. The minimum atomic E-state index is -0.728. The summed E-state index contributed by atoms with van der Waals surface area (Å²) in [5.41, 5.74) is 0. The molecule has 2 heterocycles. The van der Waals surface area contributed by atoms with E-state index in [0.29, 0.717) is 13.1 Å². The van der Waals surface area contributed by atoms with Crippen molar-refractivity contribution in [2.75, 3.05) is 37.4 Å². The molecule has 20 heavy (non-hydrogen) atoms. The van der Waals surface area contributed by atoms with Crippen molar-refractivity contribution in [3.63, 3.8) is 0 Å². The van der Waals surface area contributed by atoms with E-state index in [9.17, 15) is 13.6 Å². The van der Waals surface area contributed by atoms with Gasteiger partial charge in [0, 0.05) is 33.3 Å². The maximum atomic E-state index is 13.9. The quantitative estimate of drug-likeness (QED) is 0.880. The zero-order valence-electron chi connectivity index (χ0n) is 11.5. The van der Waals surface area contributed by atoms with Crippen LogP contribution in [0, 0.1) is 17.6 Å². The zero-order chi connectivity index (χ0) is 14.7. The van der Waals surface area contributed by atoms with Crippen LogP contribution in [0.15, 0.2) is 6.07 Å². The second kappa shape index (κ2) is 6.02. The molecule has 7 heteroatoms. The molecule has 2 N–H and O–H groups in total. The second-order valence-electron chi connectivity index (χ2n) is 4.77. The van der Waals surface area contributed by atoms with Gasteiger partial charge in [0.1, 0.15) is 0 Å². The Balaban J connectivity index is 2.24. The number of piperidine rings is 1. The third-order valence-electron chi connectivity index (χ3n) is 3.49. The Morgan fingerprint density at radius 1 is 1.40 bits per heavy atom. The van der Waals surface area contributed by atoms with Gasteiger partial charge in [-0.25, -0.2) is 13.8 Å². The van der Waals surface area contributed by atoms with Crippen molar-refractivity contribution in [2.24, 2.45) is 5.92 Å². The van der Waals surface area contributed by atoms with Crippen molar-refractivity contribution in [1.29, 1.82) is 0 Å². The lowest BCUT2D eigenvalue weighted by Crippen LogP contribution is -2.42. The van der Waals surface area contributed by atoms with Gasteiger partial charge >= 0.3 is 0 Å². The standard InChI is InChI=1S/C13H18F2N4O/c1-16-11-9(14)6-10(15)12(18-11)19-5-3-4-8(7-19)13(20)17-2/h6,8H,3-5,7H2,1-2H3,(H,16,18)(H,17,20). The molecule has 0 aromatic carbocycles. The average molecular weight is 284 g/mol. The van der Waals surface area contributed by atoms with Gasteiger partial charge in [-0.15, -0.1) is 0 Å². The molecule has 5 nitrogen and oxygen atoms in total. The van der Waals surface area contributed by atoms with E-state index in [1.54, 1.807) is 11.9 Å². The zero-order valence-corrected chi connectivity index (χ0v) is 11.5. The van der Waals surface area contributed by atoms with Crippen LogP contribution >= 0.6 is 0 Å². The molecule has 0 radical (unpaired) electrons. The fourth-order valence-electron chi connectivity index (χ4n) is 2.44. The summed E-state index contributed by atoms with van der Waals surface area (Å²) in [6, 6.07) is 0.817. The maximum absolute atomic E-state index is 13.9. The summed E-state index contributed by atoms with van der Waals surface area (Å²) >= 11 is 0. The molecule has 1 aliphatic heterocycles. The number of aromatic nitrogens is 1. The Morgan fingerprint density at radius 3 is 2.80 bits per heavy atom. The summed E-state index contributed by atoms with van der Waals surface area (Å²) in [5, 5.41) is 5.19. The Kier molecular flexibility index (Phi) is 4.36.